The van der Waals surface area contributed by atoms with E-state index in [2.05, 4.69) is 4.98 Å². The van der Waals surface area contributed by atoms with Crippen molar-refractivity contribution in [3.8, 4) is 23.3 Å². The van der Waals surface area contributed by atoms with Gasteiger partial charge in [-0.3, -0.25) is 4.98 Å². The Morgan fingerprint density at radius 2 is 1.95 bits per heavy atom. The number of rotatable bonds is 5. The van der Waals surface area contributed by atoms with Gasteiger partial charge in [0, 0.05) is 12.4 Å². The van der Waals surface area contributed by atoms with E-state index < -0.39 is 11.9 Å². The van der Waals surface area contributed by atoms with E-state index in [0.29, 0.717) is 17.1 Å². The zero-order valence-corrected chi connectivity index (χ0v) is 12.1. The molecule has 0 saturated carbocycles. The maximum absolute atomic E-state index is 12.2. The summed E-state index contributed by atoms with van der Waals surface area (Å²) < 4.78 is 15.6. The summed E-state index contributed by atoms with van der Waals surface area (Å²) in [6.07, 6.45) is 3.02. The summed E-state index contributed by atoms with van der Waals surface area (Å²) in [5, 5.41) is 9.22. The number of methoxy groups -OCH3 is 2. The van der Waals surface area contributed by atoms with Gasteiger partial charge in [0.1, 0.15) is 0 Å². The number of carbonyl (C=O) groups excluding carboxylic acids is 1. The summed E-state index contributed by atoms with van der Waals surface area (Å²) in [6, 6.07) is 10.1. The van der Waals surface area contributed by atoms with Gasteiger partial charge < -0.3 is 14.2 Å². The highest BCUT2D eigenvalue weighted by Crippen LogP contribution is 2.37. The van der Waals surface area contributed by atoms with Crippen LogP contribution in [-0.2, 0) is 4.79 Å². The van der Waals surface area contributed by atoms with Gasteiger partial charge >= 0.3 is 5.97 Å². The number of esters is 1. The average molecular weight is 298 g/mol. The number of nitrogens with zero attached hydrogens (tertiary/aromatic N) is 2. The van der Waals surface area contributed by atoms with Gasteiger partial charge in [0.15, 0.2) is 17.4 Å². The van der Waals surface area contributed by atoms with E-state index in [-0.39, 0.29) is 5.75 Å². The van der Waals surface area contributed by atoms with Gasteiger partial charge in [-0.2, -0.15) is 5.26 Å². The van der Waals surface area contributed by atoms with Gasteiger partial charge in [-0.05, 0) is 23.8 Å². The lowest BCUT2D eigenvalue weighted by Gasteiger charge is -2.14. The van der Waals surface area contributed by atoms with Crippen molar-refractivity contribution < 1.29 is 19.0 Å². The van der Waals surface area contributed by atoms with Crippen LogP contribution in [0, 0.1) is 11.3 Å². The maximum Gasteiger partial charge on any atom is 0.333 e. The molecule has 0 N–H and O–H groups in total. The molecule has 0 aliphatic rings. The highest BCUT2D eigenvalue weighted by Gasteiger charge is 2.24. The van der Waals surface area contributed by atoms with Crippen LogP contribution in [0.1, 0.15) is 11.5 Å². The minimum absolute atomic E-state index is 0.191. The zero-order valence-electron chi connectivity index (χ0n) is 12.1. The number of nitriles is 1. The van der Waals surface area contributed by atoms with Crippen molar-refractivity contribution in [1.29, 1.82) is 5.26 Å². The molecule has 1 heterocycles. The monoisotopic (exact) mass is 298 g/mol. The Balaban J connectivity index is 2.27. The second-order valence-electron chi connectivity index (χ2n) is 4.26. The molecule has 2 rings (SSSR count). The predicted molar refractivity (Wildman–Crippen MR) is 77.8 cm³/mol. The van der Waals surface area contributed by atoms with Crippen molar-refractivity contribution >= 4 is 5.97 Å². The van der Waals surface area contributed by atoms with Crippen LogP contribution in [0.5, 0.6) is 17.2 Å². The summed E-state index contributed by atoms with van der Waals surface area (Å²) in [5.41, 5.74) is 0.469. The van der Waals surface area contributed by atoms with E-state index in [0.717, 1.165) is 0 Å². The van der Waals surface area contributed by atoms with E-state index in [4.69, 9.17) is 14.2 Å². The molecule has 22 heavy (non-hydrogen) atoms. The fraction of sp³-hybridized carbons (Fsp3) is 0.188. The van der Waals surface area contributed by atoms with Crippen molar-refractivity contribution in [3.63, 3.8) is 0 Å². The fourth-order valence-corrected chi connectivity index (χ4v) is 1.92. The third-order valence-corrected chi connectivity index (χ3v) is 2.96. The van der Waals surface area contributed by atoms with E-state index in [9.17, 15) is 10.1 Å². The number of benzene rings is 1. The first-order chi connectivity index (χ1) is 10.7. The van der Waals surface area contributed by atoms with Crippen molar-refractivity contribution in [3.05, 3.63) is 48.3 Å². The molecule has 6 nitrogen and oxygen atoms in total. The zero-order chi connectivity index (χ0) is 15.9. The molecule has 0 bridgehead atoms. The molecule has 0 saturated heterocycles. The lowest BCUT2D eigenvalue weighted by atomic mass is 10.0. The average Bonchev–Trinajstić information content (AvgIpc) is 2.56. The van der Waals surface area contributed by atoms with Crippen LogP contribution < -0.4 is 14.2 Å². The first-order valence-electron chi connectivity index (χ1n) is 6.43. The molecule has 1 aromatic carbocycles. The Kier molecular flexibility index (Phi) is 4.94. The number of para-hydroxylation sites is 1. The third-order valence-electron chi connectivity index (χ3n) is 2.96. The Morgan fingerprint density at radius 3 is 2.55 bits per heavy atom. The molecule has 1 atom stereocenters. The summed E-state index contributed by atoms with van der Waals surface area (Å²) in [6.45, 7) is 0. The van der Waals surface area contributed by atoms with Gasteiger partial charge in [0.05, 0.1) is 20.3 Å². The second-order valence-corrected chi connectivity index (χ2v) is 4.26. The van der Waals surface area contributed by atoms with Crippen molar-refractivity contribution in [2.45, 2.75) is 5.92 Å². The molecule has 0 fully saturated rings. The first kappa shape index (κ1) is 15.3. The van der Waals surface area contributed by atoms with Crippen LogP contribution in [0.25, 0.3) is 0 Å². The Labute approximate surface area is 127 Å². The van der Waals surface area contributed by atoms with Gasteiger partial charge in [-0.25, -0.2) is 4.79 Å². The second kappa shape index (κ2) is 7.09. The standard InChI is InChI=1S/C16H14N2O4/c1-20-13-6-3-7-14(15(13)21-2)22-16(19)12(9-17)11-5-4-8-18-10-11/h3-8,10,12H,1-2H3. The van der Waals surface area contributed by atoms with Gasteiger partial charge in [0.2, 0.25) is 5.75 Å². The third kappa shape index (κ3) is 3.15. The molecule has 1 aromatic heterocycles. The van der Waals surface area contributed by atoms with Crippen molar-refractivity contribution in [1.82, 2.24) is 4.98 Å². The van der Waals surface area contributed by atoms with Gasteiger partial charge in [-0.15, -0.1) is 0 Å². The fourth-order valence-electron chi connectivity index (χ4n) is 1.92. The molecule has 2 aromatic rings. The molecule has 112 valence electrons. The molecule has 0 aliphatic heterocycles. The number of hydrogen-bond acceptors (Lipinski definition) is 6. The van der Waals surface area contributed by atoms with E-state index in [1.54, 1.807) is 36.5 Å². The molecule has 0 spiro atoms. The quantitative estimate of drug-likeness (QED) is 0.622. The summed E-state index contributed by atoms with van der Waals surface area (Å²) in [5.74, 6) is -0.855. The number of pyridine rings is 1. The van der Waals surface area contributed by atoms with Crippen LogP contribution in [0.3, 0.4) is 0 Å². The van der Waals surface area contributed by atoms with Crippen LogP contribution in [0.4, 0.5) is 0 Å². The molecule has 0 amide bonds. The highest BCUT2D eigenvalue weighted by molar-refractivity contribution is 5.83. The van der Waals surface area contributed by atoms with Crippen LogP contribution >= 0.6 is 0 Å². The summed E-state index contributed by atoms with van der Waals surface area (Å²) in [7, 11) is 2.93. The Bertz CT molecular complexity index is 695. The van der Waals surface area contributed by atoms with Crippen LogP contribution in [0.15, 0.2) is 42.7 Å². The number of ether oxygens (including phenoxy) is 3. The molecule has 0 aliphatic carbocycles. The predicted octanol–water partition coefficient (Wildman–Crippen LogP) is 2.31. The number of aromatic nitrogens is 1. The van der Waals surface area contributed by atoms with E-state index >= 15 is 0 Å². The number of hydrogen-bond donors (Lipinski definition) is 0. The smallest absolute Gasteiger partial charge is 0.333 e. The molecule has 0 radical (unpaired) electrons. The lowest BCUT2D eigenvalue weighted by molar-refractivity contribution is -0.134. The SMILES string of the molecule is COc1cccc(OC(=O)C(C#N)c2cccnc2)c1OC. The van der Waals surface area contributed by atoms with Crippen LogP contribution in [-0.4, -0.2) is 25.2 Å². The largest absolute Gasteiger partial charge is 0.493 e. The molecular formula is C16H14N2O4. The summed E-state index contributed by atoms with van der Waals surface area (Å²) >= 11 is 0. The van der Waals surface area contributed by atoms with E-state index in [1.165, 1.54) is 20.4 Å². The molecule has 6 heteroatoms. The Hall–Kier alpha value is -3.07. The van der Waals surface area contributed by atoms with E-state index in [1.807, 2.05) is 6.07 Å². The normalized spacial score (nSPS) is 11.1. The Morgan fingerprint density at radius 1 is 1.18 bits per heavy atom. The molecular weight excluding hydrogens is 284 g/mol. The number of carbonyl (C=O) groups is 1. The van der Waals surface area contributed by atoms with Crippen molar-refractivity contribution in [2.24, 2.45) is 0 Å². The van der Waals surface area contributed by atoms with Gasteiger partial charge in [0.25, 0.3) is 0 Å². The van der Waals surface area contributed by atoms with Crippen molar-refractivity contribution in [2.75, 3.05) is 14.2 Å². The van der Waals surface area contributed by atoms with Crippen LogP contribution in [0.2, 0.25) is 0 Å². The first-order valence-corrected chi connectivity index (χ1v) is 6.43. The topological polar surface area (TPSA) is 81.4 Å². The van der Waals surface area contributed by atoms with Gasteiger partial charge in [-0.1, -0.05) is 12.1 Å². The summed E-state index contributed by atoms with van der Waals surface area (Å²) in [4.78, 5) is 16.1. The highest BCUT2D eigenvalue weighted by atomic mass is 16.6. The maximum atomic E-state index is 12.2. The lowest BCUT2D eigenvalue weighted by Crippen LogP contribution is -2.18. The minimum Gasteiger partial charge on any atom is -0.493 e. The minimum atomic E-state index is -1.07. The molecule has 1 unspecified atom stereocenters.